The van der Waals surface area contributed by atoms with Crippen LogP contribution in [0.3, 0.4) is 0 Å². The van der Waals surface area contributed by atoms with E-state index in [4.69, 9.17) is 4.74 Å². The van der Waals surface area contributed by atoms with Gasteiger partial charge in [0.25, 0.3) is 0 Å². The lowest BCUT2D eigenvalue weighted by Gasteiger charge is -2.42. The number of rotatable bonds is 4. The van der Waals surface area contributed by atoms with Crippen molar-refractivity contribution in [2.75, 3.05) is 44.3 Å². The van der Waals surface area contributed by atoms with E-state index in [1.807, 2.05) is 0 Å². The largest absolute Gasteiger partial charge is 0.419 e. The molecule has 2 fully saturated rings. The summed E-state index contributed by atoms with van der Waals surface area (Å²) in [6.45, 7) is 2.08. The van der Waals surface area contributed by atoms with Gasteiger partial charge >= 0.3 is 6.18 Å². The predicted octanol–water partition coefficient (Wildman–Crippen LogP) is 0.685. The topological polar surface area (TPSA) is 78.8 Å². The van der Waals surface area contributed by atoms with E-state index in [0.717, 1.165) is 12.4 Å². The Morgan fingerprint density at radius 2 is 1.84 bits per heavy atom. The van der Waals surface area contributed by atoms with Crippen LogP contribution in [-0.4, -0.2) is 70.9 Å². The average molecular weight is 360 g/mol. The fourth-order valence-corrected chi connectivity index (χ4v) is 2.88. The van der Waals surface area contributed by atoms with E-state index in [2.05, 4.69) is 9.97 Å². The van der Waals surface area contributed by atoms with Gasteiger partial charge in [0, 0.05) is 45.0 Å². The summed E-state index contributed by atoms with van der Waals surface area (Å²) in [6.07, 6.45) is -2.14. The Morgan fingerprint density at radius 1 is 1.24 bits per heavy atom. The molecule has 138 valence electrons. The number of aliphatic hydroxyl groups excluding tert-OH is 1. The van der Waals surface area contributed by atoms with E-state index in [1.54, 1.807) is 9.80 Å². The quantitative estimate of drug-likeness (QED) is 0.851. The van der Waals surface area contributed by atoms with Gasteiger partial charge in [-0.25, -0.2) is 9.97 Å². The number of aromatic nitrogens is 2. The maximum absolute atomic E-state index is 12.5. The van der Waals surface area contributed by atoms with Crippen LogP contribution in [0.4, 0.5) is 19.1 Å². The van der Waals surface area contributed by atoms with Gasteiger partial charge in [0.05, 0.1) is 25.2 Å². The lowest BCUT2D eigenvalue weighted by Crippen LogP contribution is -2.54. The minimum absolute atomic E-state index is 0.0956. The molecule has 0 aliphatic carbocycles. The van der Waals surface area contributed by atoms with Gasteiger partial charge in [-0.15, -0.1) is 0 Å². The third-order valence-corrected chi connectivity index (χ3v) is 4.61. The van der Waals surface area contributed by atoms with E-state index in [1.165, 1.54) is 0 Å². The van der Waals surface area contributed by atoms with Crippen molar-refractivity contribution < 1.29 is 27.8 Å². The summed E-state index contributed by atoms with van der Waals surface area (Å²) in [7, 11) is 0. The third kappa shape index (κ3) is 3.84. The number of aliphatic hydroxyl groups is 1. The Bertz CT molecular complexity index is 606. The molecule has 0 radical (unpaired) electrons. The first-order valence-corrected chi connectivity index (χ1v) is 8.00. The van der Waals surface area contributed by atoms with E-state index >= 15 is 0 Å². The van der Waals surface area contributed by atoms with Crippen LogP contribution >= 0.6 is 0 Å². The SMILES string of the molecule is O=C(CC1(CO)CCO1)N1CCN(c2ncc(C(F)(F)F)cn2)CC1. The Morgan fingerprint density at radius 3 is 2.28 bits per heavy atom. The number of nitrogens with zero attached hydrogens (tertiary/aromatic N) is 4. The summed E-state index contributed by atoms with van der Waals surface area (Å²) in [5.41, 5.74) is -1.63. The maximum Gasteiger partial charge on any atom is 0.419 e. The zero-order chi connectivity index (χ0) is 18.1. The highest BCUT2D eigenvalue weighted by molar-refractivity contribution is 5.77. The molecule has 1 aromatic heterocycles. The van der Waals surface area contributed by atoms with Crippen molar-refractivity contribution in [2.24, 2.45) is 0 Å². The monoisotopic (exact) mass is 360 g/mol. The summed E-state index contributed by atoms with van der Waals surface area (Å²) in [5, 5.41) is 9.35. The third-order valence-electron chi connectivity index (χ3n) is 4.61. The molecule has 3 heterocycles. The lowest BCUT2D eigenvalue weighted by atomic mass is 9.91. The number of piperazine rings is 1. The molecule has 1 atom stereocenters. The molecule has 0 aromatic carbocycles. The van der Waals surface area contributed by atoms with Gasteiger partial charge in [-0.3, -0.25) is 4.79 Å². The molecule has 1 N–H and O–H groups in total. The Kier molecular flexibility index (Phi) is 4.83. The zero-order valence-corrected chi connectivity index (χ0v) is 13.5. The average Bonchev–Trinajstić information content (AvgIpc) is 2.57. The van der Waals surface area contributed by atoms with Crippen LogP contribution in [0.2, 0.25) is 0 Å². The second kappa shape index (κ2) is 6.75. The van der Waals surface area contributed by atoms with E-state index in [0.29, 0.717) is 39.2 Å². The van der Waals surface area contributed by atoms with Crippen LogP contribution < -0.4 is 4.90 Å². The Labute approximate surface area is 142 Å². The van der Waals surface area contributed by atoms with Crippen molar-refractivity contribution in [1.29, 1.82) is 0 Å². The molecule has 1 unspecified atom stereocenters. The van der Waals surface area contributed by atoms with Crippen LogP contribution in [0.1, 0.15) is 18.4 Å². The number of amides is 1. The zero-order valence-electron chi connectivity index (χ0n) is 13.5. The first-order valence-electron chi connectivity index (χ1n) is 8.00. The number of ether oxygens (including phenoxy) is 1. The molecule has 0 bridgehead atoms. The highest BCUT2D eigenvalue weighted by Gasteiger charge is 2.41. The van der Waals surface area contributed by atoms with Crippen LogP contribution in [0.25, 0.3) is 0 Å². The molecule has 10 heteroatoms. The van der Waals surface area contributed by atoms with Crippen molar-refractivity contribution in [3.63, 3.8) is 0 Å². The number of hydrogen-bond acceptors (Lipinski definition) is 6. The summed E-state index contributed by atoms with van der Waals surface area (Å²) >= 11 is 0. The Balaban J connectivity index is 1.54. The van der Waals surface area contributed by atoms with Crippen LogP contribution in [0.15, 0.2) is 12.4 Å². The van der Waals surface area contributed by atoms with Crippen LogP contribution in [0, 0.1) is 0 Å². The van der Waals surface area contributed by atoms with E-state index < -0.39 is 17.3 Å². The molecule has 2 saturated heterocycles. The van der Waals surface area contributed by atoms with Crippen molar-refractivity contribution in [3.8, 4) is 0 Å². The molecule has 1 amide bonds. The van der Waals surface area contributed by atoms with Gasteiger partial charge in [-0.05, 0) is 0 Å². The number of halogens is 3. The Hall–Kier alpha value is -1.94. The van der Waals surface area contributed by atoms with Gasteiger partial charge in [-0.2, -0.15) is 13.2 Å². The first-order chi connectivity index (χ1) is 11.8. The van der Waals surface area contributed by atoms with Crippen LogP contribution in [0.5, 0.6) is 0 Å². The maximum atomic E-state index is 12.5. The highest BCUT2D eigenvalue weighted by atomic mass is 19.4. The van der Waals surface area contributed by atoms with Crippen molar-refractivity contribution >= 4 is 11.9 Å². The molecule has 0 saturated carbocycles. The second-order valence-corrected chi connectivity index (χ2v) is 6.25. The fraction of sp³-hybridized carbons (Fsp3) is 0.667. The molecule has 0 spiro atoms. The highest BCUT2D eigenvalue weighted by Crippen LogP contribution is 2.31. The number of hydrogen-bond donors (Lipinski definition) is 1. The van der Waals surface area contributed by atoms with E-state index in [9.17, 15) is 23.1 Å². The minimum Gasteiger partial charge on any atom is -0.393 e. The van der Waals surface area contributed by atoms with Gasteiger partial charge in [0.2, 0.25) is 11.9 Å². The fourth-order valence-electron chi connectivity index (χ4n) is 2.88. The summed E-state index contributed by atoms with van der Waals surface area (Å²) < 4.78 is 42.9. The number of carbonyl (C=O) groups is 1. The van der Waals surface area contributed by atoms with Gasteiger partial charge in [-0.1, -0.05) is 0 Å². The van der Waals surface area contributed by atoms with Crippen molar-refractivity contribution in [2.45, 2.75) is 24.6 Å². The first kappa shape index (κ1) is 17.9. The molecule has 25 heavy (non-hydrogen) atoms. The minimum atomic E-state index is -4.46. The normalized spacial score (nSPS) is 24.2. The van der Waals surface area contributed by atoms with E-state index in [-0.39, 0.29) is 24.9 Å². The molecule has 1 aromatic rings. The van der Waals surface area contributed by atoms with Gasteiger partial charge < -0.3 is 19.6 Å². The van der Waals surface area contributed by atoms with Crippen molar-refractivity contribution in [3.05, 3.63) is 18.0 Å². The molecular formula is C15H19F3N4O3. The summed E-state index contributed by atoms with van der Waals surface area (Å²) in [5.74, 6) is 0.121. The van der Waals surface area contributed by atoms with Crippen LogP contribution in [-0.2, 0) is 15.7 Å². The number of carbonyl (C=O) groups excluding carboxylic acids is 1. The molecule has 2 aliphatic rings. The predicted molar refractivity (Wildman–Crippen MR) is 80.8 cm³/mol. The van der Waals surface area contributed by atoms with Gasteiger partial charge in [0.15, 0.2) is 0 Å². The number of alkyl halides is 3. The summed E-state index contributed by atoms with van der Waals surface area (Å²) in [4.78, 5) is 23.3. The molecule has 2 aliphatic heterocycles. The van der Waals surface area contributed by atoms with Crippen molar-refractivity contribution in [1.82, 2.24) is 14.9 Å². The lowest BCUT2D eigenvalue weighted by molar-refractivity contribution is -0.182. The van der Waals surface area contributed by atoms with Gasteiger partial charge in [0.1, 0.15) is 5.60 Å². The second-order valence-electron chi connectivity index (χ2n) is 6.25. The smallest absolute Gasteiger partial charge is 0.393 e. The molecular weight excluding hydrogens is 341 g/mol. The molecule has 7 nitrogen and oxygen atoms in total. The summed E-state index contributed by atoms with van der Waals surface area (Å²) in [6, 6.07) is 0. The standard InChI is InChI=1S/C15H19F3N4O3/c16-15(17,18)11-8-19-13(20-9-11)22-4-2-21(3-5-22)12(24)7-14(10-23)1-6-25-14/h8-9,23H,1-7,10H2. The molecule has 3 rings (SSSR count). The number of anilines is 1.